The number of benzene rings is 2. The second-order valence-corrected chi connectivity index (χ2v) is 8.76. The number of amides is 1. The summed E-state index contributed by atoms with van der Waals surface area (Å²) in [6, 6.07) is 15.7. The first-order chi connectivity index (χ1) is 15.0. The first-order valence-corrected chi connectivity index (χ1v) is 10.8. The van der Waals surface area contributed by atoms with Crippen LogP contribution in [0, 0.1) is 0 Å². The molecule has 0 aliphatic carbocycles. The predicted molar refractivity (Wildman–Crippen MR) is 118 cm³/mol. The van der Waals surface area contributed by atoms with Gasteiger partial charge in [0, 0.05) is 31.1 Å². The van der Waals surface area contributed by atoms with Gasteiger partial charge in [0.1, 0.15) is 29.2 Å². The molecule has 0 spiro atoms. The number of thiophene rings is 1. The van der Waals surface area contributed by atoms with Crippen molar-refractivity contribution in [3.8, 4) is 5.75 Å². The number of rotatable bonds is 5. The molecular weight excluding hydrogens is 436 g/mol. The Kier molecular flexibility index (Phi) is 4.72. The molecule has 0 bridgehead atoms. The Hall–Kier alpha value is -3.63. The van der Waals surface area contributed by atoms with Crippen molar-refractivity contribution in [3.63, 3.8) is 0 Å². The largest absolute Gasteiger partial charge is 0.507 e. The van der Waals surface area contributed by atoms with Gasteiger partial charge in [0.25, 0.3) is 5.91 Å². The van der Waals surface area contributed by atoms with Gasteiger partial charge in [-0.25, -0.2) is 9.50 Å². The van der Waals surface area contributed by atoms with Crippen LogP contribution in [-0.2, 0) is 4.79 Å². The van der Waals surface area contributed by atoms with Gasteiger partial charge in [-0.15, -0.1) is 11.3 Å². The number of fused-ring (bicyclic) bond motifs is 4. The number of hydrogen-bond acceptors (Lipinski definition) is 7. The number of carbonyl (C=O) groups is 2. The van der Waals surface area contributed by atoms with Crippen LogP contribution in [0.3, 0.4) is 0 Å². The first-order valence-electron chi connectivity index (χ1n) is 9.17. The van der Waals surface area contributed by atoms with Crippen LogP contribution in [0.25, 0.3) is 25.8 Å². The number of carbonyl (C=O) groups excluding carboxylic acids is 1. The molecule has 3 N–H and O–H groups in total. The van der Waals surface area contributed by atoms with Crippen LogP contribution >= 0.6 is 23.1 Å². The fraction of sp³-hybridized carbons (Fsp3) is 0.0476. The normalized spacial score (nSPS) is 11.4. The highest BCUT2D eigenvalue weighted by Crippen LogP contribution is 2.42. The summed E-state index contributed by atoms with van der Waals surface area (Å²) in [4.78, 5) is 28.2. The molecule has 154 valence electrons. The van der Waals surface area contributed by atoms with Gasteiger partial charge in [-0.2, -0.15) is 5.10 Å². The number of carboxylic acid groups (broad SMARTS) is 1. The van der Waals surface area contributed by atoms with Crippen LogP contribution in [-0.4, -0.2) is 43.2 Å². The van der Waals surface area contributed by atoms with Crippen LogP contribution in [0.2, 0.25) is 0 Å². The van der Waals surface area contributed by atoms with Gasteiger partial charge in [-0.1, -0.05) is 42.1 Å². The van der Waals surface area contributed by atoms with Crippen molar-refractivity contribution >= 4 is 60.8 Å². The highest BCUT2D eigenvalue weighted by molar-refractivity contribution is 7.99. The minimum absolute atomic E-state index is 0.122. The van der Waals surface area contributed by atoms with Crippen molar-refractivity contribution in [3.05, 3.63) is 60.4 Å². The predicted octanol–water partition coefficient (Wildman–Crippen LogP) is 3.77. The van der Waals surface area contributed by atoms with Gasteiger partial charge >= 0.3 is 5.97 Å². The molecule has 0 saturated carbocycles. The average Bonchev–Trinajstić information content (AvgIpc) is 3.38. The van der Waals surface area contributed by atoms with Gasteiger partial charge in [0.2, 0.25) is 0 Å². The zero-order valence-corrected chi connectivity index (χ0v) is 17.4. The summed E-state index contributed by atoms with van der Waals surface area (Å²) in [5.74, 6) is -2.22. The molecule has 1 amide bonds. The summed E-state index contributed by atoms with van der Waals surface area (Å²) >= 11 is 3.09. The summed E-state index contributed by atoms with van der Waals surface area (Å²) in [5, 5.41) is 28.7. The Morgan fingerprint density at radius 1 is 1.13 bits per heavy atom. The van der Waals surface area contributed by atoms with Crippen molar-refractivity contribution in [2.24, 2.45) is 0 Å². The molecule has 5 rings (SSSR count). The van der Waals surface area contributed by atoms with E-state index in [2.05, 4.69) is 33.6 Å². The van der Waals surface area contributed by atoms with Crippen molar-refractivity contribution in [1.82, 2.24) is 19.9 Å². The molecule has 0 aliphatic rings. The average molecular weight is 451 g/mol. The number of aromatic nitrogens is 3. The van der Waals surface area contributed by atoms with E-state index in [1.165, 1.54) is 38.8 Å². The van der Waals surface area contributed by atoms with Crippen LogP contribution in [0.5, 0.6) is 5.75 Å². The lowest BCUT2D eigenvalue weighted by atomic mass is 10.1. The number of carboxylic acids is 1. The van der Waals surface area contributed by atoms with Gasteiger partial charge in [-0.3, -0.25) is 9.59 Å². The van der Waals surface area contributed by atoms with Crippen LogP contribution in [0.15, 0.2) is 64.8 Å². The molecule has 3 heterocycles. The van der Waals surface area contributed by atoms with Gasteiger partial charge in [0.15, 0.2) is 5.65 Å². The first kappa shape index (κ1) is 19.3. The maximum absolute atomic E-state index is 12.4. The minimum Gasteiger partial charge on any atom is -0.507 e. The Balaban J connectivity index is 1.59. The molecule has 0 unspecified atom stereocenters. The molecule has 0 fully saturated rings. The summed E-state index contributed by atoms with van der Waals surface area (Å²) in [5.41, 5.74) is 0.0251. The zero-order valence-electron chi connectivity index (χ0n) is 15.8. The lowest BCUT2D eigenvalue weighted by Crippen LogP contribution is -2.29. The minimum atomic E-state index is -1.19. The molecular formula is C21H14N4O4S2. The van der Waals surface area contributed by atoms with E-state index >= 15 is 0 Å². The summed E-state index contributed by atoms with van der Waals surface area (Å²) in [6.07, 6.45) is 1.28. The monoisotopic (exact) mass is 450 g/mol. The van der Waals surface area contributed by atoms with Gasteiger partial charge < -0.3 is 15.5 Å². The smallest absolute Gasteiger partial charge is 0.322 e. The number of pyridine rings is 1. The fourth-order valence-electron chi connectivity index (χ4n) is 3.39. The standard InChI is InChI=1S/C21H14N4O4S2/c26-13-8-16(25-20(23-10-24-25)18(13)21(29)22-9-17(27)28)30-15-7-3-5-12-11-4-1-2-6-14(11)31-19(12)15/h1-8,10,26H,9H2,(H,22,29)(H,27,28). The van der Waals surface area contributed by atoms with E-state index in [1.54, 1.807) is 11.3 Å². The van der Waals surface area contributed by atoms with E-state index in [1.807, 2.05) is 24.3 Å². The van der Waals surface area contributed by atoms with Crippen molar-refractivity contribution in [2.75, 3.05) is 6.54 Å². The molecule has 5 aromatic rings. The van der Waals surface area contributed by atoms with Crippen molar-refractivity contribution < 1.29 is 19.8 Å². The molecule has 10 heteroatoms. The Morgan fingerprint density at radius 3 is 2.77 bits per heavy atom. The van der Waals surface area contributed by atoms with E-state index in [-0.39, 0.29) is 17.0 Å². The summed E-state index contributed by atoms with van der Waals surface area (Å²) in [7, 11) is 0. The molecule has 31 heavy (non-hydrogen) atoms. The maximum Gasteiger partial charge on any atom is 0.322 e. The number of hydrogen-bond donors (Lipinski definition) is 3. The highest BCUT2D eigenvalue weighted by Gasteiger charge is 2.22. The second-order valence-electron chi connectivity index (χ2n) is 6.65. The molecule has 0 saturated heterocycles. The van der Waals surface area contributed by atoms with Crippen molar-refractivity contribution in [1.29, 1.82) is 0 Å². The van der Waals surface area contributed by atoms with Crippen LogP contribution in [0.1, 0.15) is 10.4 Å². The van der Waals surface area contributed by atoms with E-state index < -0.39 is 18.4 Å². The van der Waals surface area contributed by atoms with Crippen LogP contribution in [0.4, 0.5) is 0 Å². The fourth-order valence-corrected chi connectivity index (χ4v) is 5.71. The second kappa shape index (κ2) is 7.56. The lowest BCUT2D eigenvalue weighted by molar-refractivity contribution is -0.135. The zero-order chi connectivity index (χ0) is 21.5. The third-order valence-corrected chi connectivity index (χ3v) is 7.12. The molecule has 0 aliphatic heterocycles. The van der Waals surface area contributed by atoms with Crippen molar-refractivity contribution in [2.45, 2.75) is 9.92 Å². The Bertz CT molecular complexity index is 1490. The number of nitrogens with one attached hydrogen (secondary N) is 1. The summed E-state index contributed by atoms with van der Waals surface area (Å²) < 4.78 is 3.76. The number of aliphatic carboxylic acids is 1. The van der Waals surface area contributed by atoms with E-state index in [0.717, 1.165) is 15.0 Å². The van der Waals surface area contributed by atoms with E-state index in [0.29, 0.717) is 5.03 Å². The molecule has 0 atom stereocenters. The molecule has 2 aromatic carbocycles. The van der Waals surface area contributed by atoms with E-state index in [4.69, 9.17) is 5.11 Å². The molecule has 3 aromatic heterocycles. The lowest BCUT2D eigenvalue weighted by Gasteiger charge is -2.10. The van der Waals surface area contributed by atoms with Crippen LogP contribution < -0.4 is 5.32 Å². The SMILES string of the molecule is O=C(O)CNC(=O)c1c(O)cc(Sc2cccc3c2sc2ccccc23)n2ncnc12. The number of nitrogens with zero attached hydrogens (tertiary/aromatic N) is 3. The van der Waals surface area contributed by atoms with E-state index in [9.17, 15) is 14.7 Å². The quantitative estimate of drug-likeness (QED) is 0.373. The van der Waals surface area contributed by atoms with Gasteiger partial charge in [0.05, 0.1) is 0 Å². The summed E-state index contributed by atoms with van der Waals surface area (Å²) in [6.45, 7) is -0.566. The Morgan fingerprint density at radius 2 is 1.94 bits per heavy atom. The third-order valence-electron chi connectivity index (χ3n) is 4.71. The molecule has 0 radical (unpaired) electrons. The maximum atomic E-state index is 12.4. The third kappa shape index (κ3) is 3.35. The molecule has 8 nitrogen and oxygen atoms in total. The highest BCUT2D eigenvalue weighted by atomic mass is 32.2. The van der Waals surface area contributed by atoms with Gasteiger partial charge in [-0.05, 0) is 12.1 Å². The Labute approximate surface area is 183 Å². The topological polar surface area (TPSA) is 117 Å². The number of aromatic hydroxyl groups is 1.